The Morgan fingerprint density at radius 3 is 2.59 bits per heavy atom. The summed E-state index contributed by atoms with van der Waals surface area (Å²) in [5.41, 5.74) is -0.241. The van der Waals surface area contributed by atoms with Crippen molar-refractivity contribution in [2.24, 2.45) is 0 Å². The molecule has 118 valence electrons. The molecule has 2 rings (SSSR count). The molecule has 1 heterocycles. The Morgan fingerprint density at radius 2 is 2.00 bits per heavy atom. The summed E-state index contributed by atoms with van der Waals surface area (Å²) in [4.78, 5) is 13.9. The molecule has 0 unspecified atom stereocenters. The Labute approximate surface area is 126 Å². The quantitative estimate of drug-likeness (QED) is 0.859. The van der Waals surface area contributed by atoms with Crippen LogP contribution in [0.2, 0.25) is 0 Å². The second kappa shape index (κ2) is 7.13. The number of aromatic amines is 1. The summed E-state index contributed by atoms with van der Waals surface area (Å²) in [7, 11) is 0. The van der Waals surface area contributed by atoms with Crippen molar-refractivity contribution >= 4 is 5.91 Å². The van der Waals surface area contributed by atoms with Crippen molar-refractivity contribution in [3.05, 3.63) is 41.6 Å². The van der Waals surface area contributed by atoms with Crippen molar-refractivity contribution < 1.29 is 18.7 Å². The van der Waals surface area contributed by atoms with Crippen molar-refractivity contribution in [2.75, 3.05) is 19.7 Å². The van der Waals surface area contributed by atoms with Crippen molar-refractivity contribution in [3.63, 3.8) is 0 Å². The van der Waals surface area contributed by atoms with Gasteiger partial charge in [-0.1, -0.05) is 13.0 Å². The van der Waals surface area contributed by atoms with Gasteiger partial charge in [-0.25, -0.2) is 8.78 Å². The highest BCUT2D eigenvalue weighted by atomic mass is 19.1. The van der Waals surface area contributed by atoms with Gasteiger partial charge in [-0.15, -0.1) is 0 Å². The summed E-state index contributed by atoms with van der Waals surface area (Å²) >= 11 is 0. The number of carbonyl (C=O) groups excluding carboxylic acids is 1. The number of nitrogens with zero attached hydrogens (tertiary/aromatic N) is 2. The number of halogens is 2. The molecular formula is C15H17F2N3O2. The predicted octanol–water partition coefficient (Wildman–Crippen LogP) is 2.20. The van der Waals surface area contributed by atoms with E-state index in [-0.39, 0.29) is 30.0 Å². The van der Waals surface area contributed by atoms with Gasteiger partial charge >= 0.3 is 0 Å². The van der Waals surface area contributed by atoms with Gasteiger partial charge in [0.25, 0.3) is 5.91 Å². The van der Waals surface area contributed by atoms with Crippen LogP contribution in [0.1, 0.15) is 23.7 Å². The number of hydrogen-bond donors (Lipinski definition) is 2. The lowest BCUT2D eigenvalue weighted by Gasteiger charge is -2.21. The number of H-pyrrole nitrogens is 1. The minimum Gasteiger partial charge on any atom is -0.395 e. The van der Waals surface area contributed by atoms with E-state index in [0.717, 1.165) is 12.1 Å². The number of rotatable bonds is 6. The van der Waals surface area contributed by atoms with E-state index in [1.165, 1.54) is 17.2 Å². The van der Waals surface area contributed by atoms with Gasteiger partial charge in [-0.3, -0.25) is 9.89 Å². The normalized spacial score (nSPS) is 10.7. The summed E-state index contributed by atoms with van der Waals surface area (Å²) in [6, 6.07) is 3.48. The van der Waals surface area contributed by atoms with E-state index in [2.05, 4.69) is 10.2 Å². The third-order valence-electron chi connectivity index (χ3n) is 3.23. The molecule has 1 amide bonds. The monoisotopic (exact) mass is 309 g/mol. The van der Waals surface area contributed by atoms with Crippen LogP contribution in [0.3, 0.4) is 0 Å². The smallest absolute Gasteiger partial charge is 0.257 e. The number of benzene rings is 1. The number of aromatic nitrogens is 2. The Morgan fingerprint density at radius 1 is 1.32 bits per heavy atom. The van der Waals surface area contributed by atoms with Crippen molar-refractivity contribution in [2.45, 2.75) is 13.3 Å². The van der Waals surface area contributed by atoms with Gasteiger partial charge in [0.15, 0.2) is 0 Å². The van der Waals surface area contributed by atoms with Gasteiger partial charge in [0.2, 0.25) is 0 Å². The van der Waals surface area contributed by atoms with Crippen LogP contribution in [-0.4, -0.2) is 45.8 Å². The topological polar surface area (TPSA) is 69.2 Å². The lowest BCUT2D eigenvalue weighted by Crippen LogP contribution is -2.34. The minimum absolute atomic E-state index is 0.000331. The zero-order valence-corrected chi connectivity index (χ0v) is 12.1. The van der Waals surface area contributed by atoms with Gasteiger partial charge in [0.05, 0.1) is 29.6 Å². The van der Waals surface area contributed by atoms with E-state index < -0.39 is 17.5 Å². The third-order valence-corrected chi connectivity index (χ3v) is 3.23. The number of carbonyl (C=O) groups is 1. The molecule has 22 heavy (non-hydrogen) atoms. The van der Waals surface area contributed by atoms with Crippen LogP contribution in [0.25, 0.3) is 11.3 Å². The molecule has 0 atom stereocenters. The Hall–Kier alpha value is -2.28. The predicted molar refractivity (Wildman–Crippen MR) is 77.2 cm³/mol. The molecule has 0 spiro atoms. The average Bonchev–Trinajstić information content (AvgIpc) is 2.95. The standard InChI is InChI=1S/C15H17F2N3O2/c1-2-6-20(7-8-21)15(22)10-9-18-19-14(10)13-11(16)4-3-5-12(13)17/h3-5,9,21H,2,6-8H2,1H3,(H,18,19). The Balaban J connectivity index is 2.43. The number of nitrogens with one attached hydrogen (secondary N) is 1. The fraction of sp³-hybridized carbons (Fsp3) is 0.333. The van der Waals surface area contributed by atoms with E-state index in [4.69, 9.17) is 5.11 Å². The molecule has 0 aliphatic carbocycles. The van der Waals surface area contributed by atoms with E-state index >= 15 is 0 Å². The molecule has 7 heteroatoms. The number of aliphatic hydroxyl groups is 1. The average molecular weight is 309 g/mol. The molecule has 0 saturated heterocycles. The third kappa shape index (κ3) is 3.14. The minimum atomic E-state index is -0.775. The molecule has 1 aromatic carbocycles. The first-order valence-electron chi connectivity index (χ1n) is 6.98. The van der Waals surface area contributed by atoms with E-state index in [9.17, 15) is 13.6 Å². The van der Waals surface area contributed by atoms with Crippen molar-refractivity contribution in [1.82, 2.24) is 15.1 Å². The van der Waals surface area contributed by atoms with E-state index in [1.807, 2.05) is 6.92 Å². The molecule has 2 N–H and O–H groups in total. The van der Waals surface area contributed by atoms with Crippen LogP contribution in [0.5, 0.6) is 0 Å². The van der Waals surface area contributed by atoms with Gasteiger partial charge in [-0.05, 0) is 18.6 Å². The summed E-state index contributed by atoms with van der Waals surface area (Å²) in [6.45, 7) is 2.29. The molecule has 5 nitrogen and oxygen atoms in total. The highest BCUT2D eigenvalue weighted by Gasteiger charge is 2.24. The fourth-order valence-corrected chi connectivity index (χ4v) is 2.25. The molecule has 0 bridgehead atoms. The summed E-state index contributed by atoms with van der Waals surface area (Å²) < 4.78 is 27.8. The lowest BCUT2D eigenvalue weighted by molar-refractivity contribution is 0.0723. The molecule has 0 saturated carbocycles. The molecule has 0 aliphatic heterocycles. The second-order valence-electron chi connectivity index (χ2n) is 4.77. The summed E-state index contributed by atoms with van der Waals surface area (Å²) in [5, 5.41) is 15.3. The van der Waals surface area contributed by atoms with Crippen LogP contribution in [0.15, 0.2) is 24.4 Å². The first-order chi connectivity index (χ1) is 10.6. The molecule has 0 fully saturated rings. The zero-order chi connectivity index (χ0) is 16.1. The molecular weight excluding hydrogens is 292 g/mol. The van der Waals surface area contributed by atoms with Crippen molar-refractivity contribution in [3.8, 4) is 11.3 Å². The van der Waals surface area contributed by atoms with E-state index in [1.54, 1.807) is 0 Å². The highest BCUT2D eigenvalue weighted by Crippen LogP contribution is 2.27. The van der Waals surface area contributed by atoms with Crippen LogP contribution in [0, 0.1) is 11.6 Å². The maximum Gasteiger partial charge on any atom is 0.257 e. The Bertz CT molecular complexity index is 632. The second-order valence-corrected chi connectivity index (χ2v) is 4.77. The zero-order valence-electron chi connectivity index (χ0n) is 12.1. The lowest BCUT2D eigenvalue weighted by atomic mass is 10.1. The fourth-order valence-electron chi connectivity index (χ4n) is 2.25. The molecule has 0 aliphatic rings. The summed E-state index contributed by atoms with van der Waals surface area (Å²) in [6.07, 6.45) is 1.94. The number of hydrogen-bond acceptors (Lipinski definition) is 3. The van der Waals surface area contributed by atoms with Crippen LogP contribution < -0.4 is 0 Å². The SMILES string of the molecule is CCCN(CCO)C(=O)c1cn[nH]c1-c1c(F)cccc1F. The van der Waals surface area contributed by atoms with Crippen LogP contribution in [-0.2, 0) is 0 Å². The maximum atomic E-state index is 13.9. The first-order valence-corrected chi connectivity index (χ1v) is 6.98. The molecule has 0 radical (unpaired) electrons. The largest absolute Gasteiger partial charge is 0.395 e. The number of amides is 1. The molecule has 1 aromatic heterocycles. The Kier molecular flexibility index (Phi) is 5.21. The van der Waals surface area contributed by atoms with E-state index in [0.29, 0.717) is 13.0 Å². The van der Waals surface area contributed by atoms with Crippen LogP contribution >= 0.6 is 0 Å². The van der Waals surface area contributed by atoms with Gasteiger partial charge in [-0.2, -0.15) is 5.10 Å². The van der Waals surface area contributed by atoms with Gasteiger partial charge in [0, 0.05) is 13.1 Å². The number of aliphatic hydroxyl groups excluding tert-OH is 1. The van der Waals surface area contributed by atoms with Gasteiger partial charge in [0.1, 0.15) is 11.6 Å². The first kappa shape index (κ1) is 16.1. The van der Waals surface area contributed by atoms with Gasteiger partial charge < -0.3 is 10.0 Å². The van der Waals surface area contributed by atoms with Crippen molar-refractivity contribution in [1.29, 1.82) is 0 Å². The summed E-state index contributed by atoms with van der Waals surface area (Å²) in [5.74, 6) is -1.98. The highest BCUT2D eigenvalue weighted by molar-refractivity contribution is 5.99. The maximum absolute atomic E-state index is 13.9. The molecule has 2 aromatic rings. The van der Waals surface area contributed by atoms with Crippen LogP contribution in [0.4, 0.5) is 8.78 Å².